The smallest absolute Gasteiger partial charge is 0.237 e. The molecule has 0 saturated carbocycles. The van der Waals surface area contributed by atoms with Crippen LogP contribution in [0.1, 0.15) is 40.5 Å². The van der Waals surface area contributed by atoms with Crippen molar-refractivity contribution < 1.29 is 9.59 Å². The topological polar surface area (TPSA) is 84.2 Å². The van der Waals surface area contributed by atoms with Crippen LogP contribution in [0.4, 0.5) is 0 Å². The number of carbonyl (C=O) groups excluding carboxylic acids is 2. The molecule has 1 atom stereocenters. The van der Waals surface area contributed by atoms with Crippen LogP contribution in [0.2, 0.25) is 0 Å². The number of rotatable bonds is 4. The summed E-state index contributed by atoms with van der Waals surface area (Å²) in [6.45, 7) is 8.77. The fourth-order valence-electron chi connectivity index (χ4n) is 2.16. The quantitative estimate of drug-likeness (QED) is 0.679. The van der Waals surface area contributed by atoms with Gasteiger partial charge in [-0.15, -0.1) is 0 Å². The van der Waals surface area contributed by atoms with Gasteiger partial charge in [0.2, 0.25) is 11.8 Å². The van der Waals surface area contributed by atoms with Gasteiger partial charge < -0.3 is 16.4 Å². The minimum Gasteiger partial charge on any atom is -0.369 e. The van der Waals surface area contributed by atoms with E-state index < -0.39 is 11.3 Å². The molecule has 4 N–H and O–H groups in total. The van der Waals surface area contributed by atoms with Crippen molar-refractivity contribution in [3.8, 4) is 0 Å². The van der Waals surface area contributed by atoms with E-state index in [9.17, 15) is 9.59 Å². The van der Waals surface area contributed by atoms with Crippen LogP contribution in [-0.4, -0.2) is 30.9 Å². The maximum absolute atomic E-state index is 12.2. The Morgan fingerprint density at radius 1 is 1.44 bits per heavy atom. The summed E-state index contributed by atoms with van der Waals surface area (Å²) in [4.78, 5) is 23.3. The maximum atomic E-state index is 12.2. The van der Waals surface area contributed by atoms with Gasteiger partial charge in [-0.2, -0.15) is 0 Å². The number of nitrogens with one attached hydrogen (secondary N) is 2. The number of hydrogen-bond donors (Lipinski definition) is 3. The largest absolute Gasteiger partial charge is 0.369 e. The van der Waals surface area contributed by atoms with Crippen molar-refractivity contribution in [3.05, 3.63) is 0 Å². The van der Waals surface area contributed by atoms with Crippen molar-refractivity contribution in [2.75, 3.05) is 13.1 Å². The zero-order valence-electron chi connectivity index (χ0n) is 11.8. The molecule has 1 rings (SSSR count). The summed E-state index contributed by atoms with van der Waals surface area (Å²) >= 11 is 0. The van der Waals surface area contributed by atoms with Gasteiger partial charge in [0.25, 0.3) is 0 Å². The molecule has 0 radical (unpaired) electrons. The summed E-state index contributed by atoms with van der Waals surface area (Å²) < 4.78 is 0. The molecule has 1 fully saturated rings. The van der Waals surface area contributed by atoms with E-state index >= 15 is 0 Å². The fourth-order valence-corrected chi connectivity index (χ4v) is 2.16. The summed E-state index contributed by atoms with van der Waals surface area (Å²) in [5, 5.41) is 6.07. The third-order valence-electron chi connectivity index (χ3n) is 3.76. The van der Waals surface area contributed by atoms with Crippen LogP contribution >= 0.6 is 0 Å². The Morgan fingerprint density at radius 2 is 2.06 bits per heavy atom. The third-order valence-corrected chi connectivity index (χ3v) is 3.76. The van der Waals surface area contributed by atoms with Crippen LogP contribution in [0, 0.1) is 10.8 Å². The van der Waals surface area contributed by atoms with Crippen molar-refractivity contribution in [2.45, 2.75) is 46.6 Å². The summed E-state index contributed by atoms with van der Waals surface area (Å²) in [6.07, 6.45) is 2.11. The molecule has 1 aliphatic heterocycles. The molecule has 1 saturated heterocycles. The van der Waals surface area contributed by atoms with Gasteiger partial charge in [0.05, 0.1) is 11.5 Å². The Morgan fingerprint density at radius 3 is 2.56 bits per heavy atom. The van der Waals surface area contributed by atoms with Crippen LogP contribution < -0.4 is 16.4 Å². The van der Waals surface area contributed by atoms with E-state index in [0.717, 1.165) is 19.4 Å². The third kappa shape index (κ3) is 3.45. The molecule has 5 nitrogen and oxygen atoms in total. The monoisotopic (exact) mass is 255 g/mol. The lowest BCUT2D eigenvalue weighted by molar-refractivity contribution is -0.129. The normalized spacial score (nSPS) is 23.4. The molecule has 0 aromatic rings. The van der Waals surface area contributed by atoms with Gasteiger partial charge in [0.1, 0.15) is 0 Å². The molecule has 1 aliphatic rings. The molecule has 0 aliphatic carbocycles. The lowest BCUT2D eigenvalue weighted by Gasteiger charge is -2.38. The second-order valence-corrected chi connectivity index (χ2v) is 6.45. The lowest BCUT2D eigenvalue weighted by atomic mass is 9.77. The summed E-state index contributed by atoms with van der Waals surface area (Å²) in [7, 11) is 0. The van der Waals surface area contributed by atoms with Crippen LogP contribution in [0.15, 0.2) is 0 Å². The van der Waals surface area contributed by atoms with E-state index in [1.165, 1.54) is 0 Å². The predicted molar refractivity (Wildman–Crippen MR) is 70.8 cm³/mol. The van der Waals surface area contributed by atoms with Gasteiger partial charge in [-0.3, -0.25) is 9.59 Å². The molecule has 1 heterocycles. The molecule has 0 aromatic heterocycles. The van der Waals surface area contributed by atoms with E-state index in [1.54, 1.807) is 13.8 Å². The summed E-state index contributed by atoms with van der Waals surface area (Å²) in [5.74, 6) is -0.451. The fraction of sp³-hybridized carbons (Fsp3) is 0.846. The zero-order chi connectivity index (χ0) is 14.0. The van der Waals surface area contributed by atoms with Gasteiger partial charge in [0.15, 0.2) is 0 Å². The van der Waals surface area contributed by atoms with Gasteiger partial charge >= 0.3 is 0 Å². The molecule has 18 heavy (non-hydrogen) atoms. The molecule has 0 bridgehead atoms. The minimum absolute atomic E-state index is 0.0472. The first-order valence-corrected chi connectivity index (χ1v) is 6.48. The molecule has 0 spiro atoms. The number of nitrogens with two attached hydrogens (primary N) is 1. The van der Waals surface area contributed by atoms with Gasteiger partial charge in [-0.25, -0.2) is 0 Å². The zero-order valence-corrected chi connectivity index (χ0v) is 11.8. The molecule has 0 aromatic carbocycles. The van der Waals surface area contributed by atoms with Crippen molar-refractivity contribution >= 4 is 11.8 Å². The van der Waals surface area contributed by atoms with Crippen LogP contribution in [-0.2, 0) is 9.59 Å². The SMILES string of the molecule is CC(C)(CNC(=O)C1NCCCC1(C)C)C(N)=O. The minimum atomic E-state index is -0.714. The van der Waals surface area contributed by atoms with Crippen LogP contribution in [0.25, 0.3) is 0 Å². The molecule has 1 unspecified atom stereocenters. The Kier molecular flexibility index (Phi) is 4.37. The highest BCUT2D eigenvalue weighted by atomic mass is 16.2. The highest BCUT2D eigenvalue weighted by Gasteiger charge is 2.37. The highest BCUT2D eigenvalue weighted by Crippen LogP contribution is 2.30. The first-order valence-electron chi connectivity index (χ1n) is 6.48. The summed E-state index contributed by atoms with van der Waals surface area (Å²) in [5.41, 5.74) is 4.51. The van der Waals surface area contributed by atoms with E-state index in [4.69, 9.17) is 5.73 Å². The van der Waals surface area contributed by atoms with Crippen LogP contribution in [0.5, 0.6) is 0 Å². The molecule has 2 amide bonds. The maximum Gasteiger partial charge on any atom is 0.237 e. The molecule has 104 valence electrons. The predicted octanol–water partition coefficient (Wildman–Crippen LogP) is 0.392. The Bertz CT molecular complexity index is 337. The number of hydrogen-bond acceptors (Lipinski definition) is 3. The first kappa shape index (κ1) is 15.0. The first-order chi connectivity index (χ1) is 8.17. The average molecular weight is 255 g/mol. The number of amides is 2. The molecular weight excluding hydrogens is 230 g/mol. The average Bonchev–Trinajstić information content (AvgIpc) is 2.25. The van der Waals surface area contributed by atoms with Gasteiger partial charge in [-0.05, 0) is 38.6 Å². The van der Waals surface area contributed by atoms with E-state index in [1.807, 2.05) is 0 Å². The molecular formula is C13H25N3O2. The van der Waals surface area contributed by atoms with Gasteiger partial charge in [-0.1, -0.05) is 13.8 Å². The number of primary amides is 1. The molecule has 5 heteroatoms. The van der Waals surface area contributed by atoms with E-state index in [-0.39, 0.29) is 23.9 Å². The number of carbonyl (C=O) groups is 2. The second kappa shape index (κ2) is 5.26. The van der Waals surface area contributed by atoms with Gasteiger partial charge in [0, 0.05) is 6.54 Å². The van der Waals surface area contributed by atoms with Crippen LogP contribution in [0.3, 0.4) is 0 Å². The van der Waals surface area contributed by atoms with Crippen molar-refractivity contribution in [2.24, 2.45) is 16.6 Å². The second-order valence-electron chi connectivity index (χ2n) is 6.45. The van der Waals surface area contributed by atoms with Crippen molar-refractivity contribution in [3.63, 3.8) is 0 Å². The van der Waals surface area contributed by atoms with Crippen molar-refractivity contribution in [1.82, 2.24) is 10.6 Å². The van der Waals surface area contributed by atoms with Crippen molar-refractivity contribution in [1.29, 1.82) is 0 Å². The number of piperidine rings is 1. The van der Waals surface area contributed by atoms with E-state index in [2.05, 4.69) is 24.5 Å². The Balaban J connectivity index is 2.58. The van der Waals surface area contributed by atoms with E-state index in [0.29, 0.717) is 0 Å². The lowest BCUT2D eigenvalue weighted by Crippen LogP contribution is -2.57. The Hall–Kier alpha value is -1.10. The summed E-state index contributed by atoms with van der Waals surface area (Å²) in [6, 6.07) is -0.199. The highest BCUT2D eigenvalue weighted by molar-refractivity contribution is 5.85. The Labute approximate surface area is 109 Å². The standard InChI is InChI=1S/C13H25N3O2/c1-12(2)6-5-7-15-9(12)10(17)16-8-13(3,4)11(14)18/h9,15H,5-8H2,1-4H3,(H2,14,18)(H,16,17).